The minimum Gasteiger partial charge on any atom is -0.494 e. The highest BCUT2D eigenvalue weighted by molar-refractivity contribution is 6.00. The highest BCUT2D eigenvalue weighted by Gasteiger charge is 2.15. The predicted molar refractivity (Wildman–Crippen MR) is 116 cm³/mol. The number of ether oxygens (including phenoxy) is 1. The number of pyridine rings is 1. The number of hydrogen-bond acceptors (Lipinski definition) is 6. The van der Waals surface area contributed by atoms with E-state index in [0.29, 0.717) is 5.65 Å². The number of hydrogen-bond donors (Lipinski definition) is 0. The van der Waals surface area contributed by atoms with Crippen LogP contribution in [0.15, 0.2) is 49.1 Å². The van der Waals surface area contributed by atoms with Gasteiger partial charge in [-0.1, -0.05) is 6.92 Å². The maximum atomic E-state index is 5.98. The van der Waals surface area contributed by atoms with Gasteiger partial charge in [0.05, 0.1) is 12.3 Å². The molecule has 0 saturated carbocycles. The Kier molecular flexibility index (Phi) is 5.27. The molecule has 5 rings (SSSR count). The van der Waals surface area contributed by atoms with E-state index in [0.717, 1.165) is 53.3 Å². The van der Waals surface area contributed by atoms with Crippen molar-refractivity contribution in [3.05, 3.63) is 49.1 Å². The molecule has 4 heterocycles. The third kappa shape index (κ3) is 3.85. The van der Waals surface area contributed by atoms with Crippen molar-refractivity contribution >= 4 is 16.4 Å². The summed E-state index contributed by atoms with van der Waals surface area (Å²) >= 11 is 0. The summed E-state index contributed by atoms with van der Waals surface area (Å²) in [5.41, 5.74) is 2.62. The van der Waals surface area contributed by atoms with E-state index in [1.165, 1.54) is 25.9 Å². The molecule has 30 heavy (non-hydrogen) atoms. The van der Waals surface area contributed by atoms with E-state index in [9.17, 15) is 0 Å². The molecule has 1 aromatic carbocycles. The first kappa shape index (κ1) is 18.9. The fourth-order valence-corrected chi connectivity index (χ4v) is 4.31. The predicted octanol–water partition coefficient (Wildman–Crippen LogP) is 3.84. The van der Waals surface area contributed by atoms with Gasteiger partial charge >= 0.3 is 0 Å². The van der Waals surface area contributed by atoms with Gasteiger partial charge in [0.1, 0.15) is 12.1 Å². The lowest BCUT2D eigenvalue weighted by molar-refractivity contribution is 0.170. The Morgan fingerprint density at radius 2 is 2.03 bits per heavy atom. The van der Waals surface area contributed by atoms with Crippen molar-refractivity contribution in [1.82, 2.24) is 29.7 Å². The van der Waals surface area contributed by atoms with Crippen LogP contribution in [0.1, 0.15) is 26.2 Å². The average Bonchev–Trinajstić information content (AvgIpc) is 3.26. The van der Waals surface area contributed by atoms with Gasteiger partial charge in [-0.2, -0.15) is 9.61 Å². The summed E-state index contributed by atoms with van der Waals surface area (Å²) in [6.07, 6.45) is 8.95. The van der Waals surface area contributed by atoms with Gasteiger partial charge in [0.15, 0.2) is 5.65 Å². The van der Waals surface area contributed by atoms with Gasteiger partial charge in [0.2, 0.25) is 0 Å². The molecule has 0 radical (unpaired) electrons. The maximum absolute atomic E-state index is 5.98. The molecule has 7 nitrogen and oxygen atoms in total. The molecule has 0 bridgehead atoms. The standard InChI is InChI=1S/C23H26N6O/c1-17-4-2-11-28(15-17)12-3-13-30-19-7-5-18(6-8-19)22-20-9-10-24-14-21(20)23-26-25-16-29(23)27-22/h5-10,14,16-17H,2-4,11-13,15H2,1H3/t17-/m0/s1. The Bertz CT molecular complexity index is 1140. The monoisotopic (exact) mass is 402 g/mol. The van der Waals surface area contributed by atoms with Gasteiger partial charge in [-0.25, -0.2) is 0 Å². The molecule has 1 saturated heterocycles. The third-order valence-electron chi connectivity index (χ3n) is 5.81. The zero-order valence-electron chi connectivity index (χ0n) is 17.2. The second-order valence-corrected chi connectivity index (χ2v) is 8.14. The highest BCUT2D eigenvalue weighted by atomic mass is 16.5. The summed E-state index contributed by atoms with van der Waals surface area (Å²) in [6, 6.07) is 10.1. The van der Waals surface area contributed by atoms with Gasteiger partial charge in [0.25, 0.3) is 0 Å². The molecule has 0 spiro atoms. The van der Waals surface area contributed by atoms with Crippen molar-refractivity contribution in [2.24, 2.45) is 5.92 Å². The first-order valence-electron chi connectivity index (χ1n) is 10.7. The van der Waals surface area contributed by atoms with Crippen LogP contribution in [0.3, 0.4) is 0 Å². The van der Waals surface area contributed by atoms with E-state index < -0.39 is 0 Å². The summed E-state index contributed by atoms with van der Waals surface area (Å²) in [5, 5.41) is 14.8. The SMILES string of the molecule is C[C@H]1CCCN(CCCOc2ccc(-c3nn4cnnc4c4cnccc34)cc2)C1. The van der Waals surface area contributed by atoms with Crippen LogP contribution in [-0.4, -0.2) is 55.9 Å². The third-order valence-corrected chi connectivity index (χ3v) is 5.81. The van der Waals surface area contributed by atoms with Crippen LogP contribution in [0.2, 0.25) is 0 Å². The maximum Gasteiger partial charge on any atom is 0.186 e. The molecule has 0 unspecified atom stereocenters. The molecule has 3 aromatic heterocycles. The Labute approximate surface area is 175 Å². The molecule has 0 aliphatic carbocycles. The number of fused-ring (bicyclic) bond motifs is 3. The molecule has 1 aliphatic rings. The lowest BCUT2D eigenvalue weighted by atomic mass is 10.0. The normalized spacial score (nSPS) is 17.6. The second kappa shape index (κ2) is 8.36. The molecule has 0 N–H and O–H groups in total. The lowest BCUT2D eigenvalue weighted by Crippen LogP contribution is -2.35. The Balaban J connectivity index is 1.27. The van der Waals surface area contributed by atoms with E-state index >= 15 is 0 Å². The summed E-state index contributed by atoms with van der Waals surface area (Å²) in [7, 11) is 0. The Morgan fingerprint density at radius 3 is 2.90 bits per heavy atom. The number of aromatic nitrogens is 5. The average molecular weight is 403 g/mol. The molecule has 1 aliphatic heterocycles. The molecular weight excluding hydrogens is 376 g/mol. The molecule has 7 heteroatoms. The van der Waals surface area contributed by atoms with E-state index in [1.807, 2.05) is 24.4 Å². The summed E-state index contributed by atoms with van der Waals surface area (Å²) < 4.78 is 7.68. The van der Waals surface area contributed by atoms with Crippen LogP contribution in [0.25, 0.3) is 27.7 Å². The lowest BCUT2D eigenvalue weighted by Gasteiger charge is -2.30. The van der Waals surface area contributed by atoms with Gasteiger partial charge < -0.3 is 9.64 Å². The van der Waals surface area contributed by atoms with Crippen molar-refractivity contribution in [3.8, 4) is 17.0 Å². The minimum atomic E-state index is 0.713. The number of piperidine rings is 1. The number of nitrogens with zero attached hydrogens (tertiary/aromatic N) is 6. The topological polar surface area (TPSA) is 68.4 Å². The zero-order chi connectivity index (χ0) is 20.3. The molecular formula is C23H26N6O. The van der Waals surface area contributed by atoms with Crippen LogP contribution in [-0.2, 0) is 0 Å². The first-order chi connectivity index (χ1) is 14.8. The van der Waals surface area contributed by atoms with Crippen molar-refractivity contribution in [1.29, 1.82) is 0 Å². The zero-order valence-corrected chi connectivity index (χ0v) is 17.2. The quantitative estimate of drug-likeness (QED) is 0.457. The highest BCUT2D eigenvalue weighted by Crippen LogP contribution is 2.29. The molecule has 1 fully saturated rings. The summed E-state index contributed by atoms with van der Waals surface area (Å²) in [6.45, 7) is 6.66. The fourth-order valence-electron chi connectivity index (χ4n) is 4.31. The van der Waals surface area contributed by atoms with E-state index in [-0.39, 0.29) is 0 Å². The number of benzene rings is 1. The van der Waals surface area contributed by atoms with Crippen LogP contribution >= 0.6 is 0 Å². The van der Waals surface area contributed by atoms with E-state index in [4.69, 9.17) is 9.84 Å². The van der Waals surface area contributed by atoms with Gasteiger partial charge in [0, 0.05) is 41.8 Å². The molecule has 4 aromatic rings. The van der Waals surface area contributed by atoms with E-state index in [2.05, 4.69) is 39.1 Å². The minimum absolute atomic E-state index is 0.713. The van der Waals surface area contributed by atoms with Gasteiger partial charge in [-0.3, -0.25) is 4.98 Å². The Hall–Kier alpha value is -3.06. The van der Waals surface area contributed by atoms with Crippen LogP contribution < -0.4 is 4.74 Å². The van der Waals surface area contributed by atoms with Crippen LogP contribution in [0.5, 0.6) is 5.75 Å². The number of rotatable bonds is 6. The summed E-state index contributed by atoms with van der Waals surface area (Å²) in [5.74, 6) is 1.71. The van der Waals surface area contributed by atoms with Crippen LogP contribution in [0.4, 0.5) is 0 Å². The van der Waals surface area contributed by atoms with Gasteiger partial charge in [-0.15, -0.1) is 10.2 Å². The van der Waals surface area contributed by atoms with Crippen LogP contribution in [0, 0.1) is 5.92 Å². The largest absolute Gasteiger partial charge is 0.494 e. The fraction of sp³-hybridized carbons (Fsp3) is 0.391. The molecule has 1 atom stereocenters. The smallest absolute Gasteiger partial charge is 0.186 e. The molecule has 154 valence electrons. The van der Waals surface area contributed by atoms with Crippen molar-refractivity contribution in [3.63, 3.8) is 0 Å². The van der Waals surface area contributed by atoms with Crippen molar-refractivity contribution < 1.29 is 4.74 Å². The van der Waals surface area contributed by atoms with Gasteiger partial charge in [-0.05, 0) is 62.1 Å². The second-order valence-electron chi connectivity index (χ2n) is 8.14. The Morgan fingerprint density at radius 1 is 1.13 bits per heavy atom. The number of likely N-dealkylation sites (tertiary alicyclic amines) is 1. The summed E-state index contributed by atoms with van der Waals surface area (Å²) in [4.78, 5) is 6.80. The first-order valence-corrected chi connectivity index (χ1v) is 10.7. The molecule has 0 amide bonds. The van der Waals surface area contributed by atoms with Crippen molar-refractivity contribution in [2.45, 2.75) is 26.2 Å². The van der Waals surface area contributed by atoms with E-state index in [1.54, 1.807) is 17.0 Å². The van der Waals surface area contributed by atoms with Crippen molar-refractivity contribution in [2.75, 3.05) is 26.2 Å².